The van der Waals surface area contributed by atoms with Crippen LogP contribution in [0, 0.1) is 0 Å². The Morgan fingerprint density at radius 2 is 1.85 bits per heavy atom. The van der Waals surface area contributed by atoms with Crippen LogP contribution in [-0.4, -0.2) is 25.7 Å². The van der Waals surface area contributed by atoms with Gasteiger partial charge in [0, 0.05) is 22.4 Å². The fourth-order valence-electron chi connectivity index (χ4n) is 3.00. The third-order valence-electron chi connectivity index (χ3n) is 4.24. The molecule has 0 unspecified atom stereocenters. The number of rotatable bonds is 8. The summed E-state index contributed by atoms with van der Waals surface area (Å²) in [5.41, 5.74) is 2.38. The first kappa shape index (κ1) is 18.6. The Labute approximate surface area is 159 Å². The zero-order valence-corrected chi connectivity index (χ0v) is 16.2. The van der Waals surface area contributed by atoms with Crippen LogP contribution in [-0.2, 0) is 9.53 Å². The summed E-state index contributed by atoms with van der Waals surface area (Å²) in [7, 11) is 0. The summed E-state index contributed by atoms with van der Waals surface area (Å²) >= 11 is 1.78. The first-order valence-electron chi connectivity index (χ1n) is 9.19. The number of unbranched alkanes of at least 4 members (excludes halogenated alkanes) is 2. The highest BCUT2D eigenvalue weighted by Crippen LogP contribution is 2.49. The summed E-state index contributed by atoms with van der Waals surface area (Å²) in [6.07, 6.45) is 3.54. The molecule has 0 spiro atoms. The van der Waals surface area contributed by atoms with Crippen LogP contribution in [0.1, 0.15) is 33.1 Å². The Morgan fingerprint density at radius 3 is 2.65 bits per heavy atom. The number of fused-ring (bicyclic) bond motifs is 2. The van der Waals surface area contributed by atoms with Crippen molar-refractivity contribution in [2.24, 2.45) is 0 Å². The van der Waals surface area contributed by atoms with E-state index in [2.05, 4.69) is 42.2 Å². The molecule has 1 heterocycles. The van der Waals surface area contributed by atoms with Gasteiger partial charge in [-0.25, -0.2) is 4.79 Å². The third-order valence-corrected chi connectivity index (χ3v) is 5.37. The molecule has 0 fully saturated rings. The lowest BCUT2D eigenvalue weighted by molar-refractivity contribution is -0.145. The molecule has 1 aliphatic heterocycles. The van der Waals surface area contributed by atoms with Gasteiger partial charge in [-0.3, -0.25) is 0 Å². The number of benzene rings is 2. The number of para-hydroxylation sites is 1. The molecule has 0 atom stereocenters. The van der Waals surface area contributed by atoms with Crippen LogP contribution in [0.15, 0.2) is 52.3 Å². The fourth-order valence-corrected chi connectivity index (χ4v) is 4.08. The lowest BCUT2D eigenvalue weighted by Crippen LogP contribution is -2.22. The van der Waals surface area contributed by atoms with Gasteiger partial charge in [0.25, 0.3) is 0 Å². The van der Waals surface area contributed by atoms with Crippen molar-refractivity contribution in [3.05, 3.63) is 42.5 Å². The molecule has 2 aromatic rings. The molecule has 0 aromatic heterocycles. The second kappa shape index (κ2) is 8.99. The highest BCUT2D eigenvalue weighted by molar-refractivity contribution is 7.99. The SMILES string of the molecule is CCCCCN1c2ccccc2Sc2ccc(OCC(=O)OCC)cc21. The van der Waals surface area contributed by atoms with Gasteiger partial charge in [-0.2, -0.15) is 0 Å². The van der Waals surface area contributed by atoms with Crippen LogP contribution in [0.5, 0.6) is 5.75 Å². The van der Waals surface area contributed by atoms with E-state index >= 15 is 0 Å². The molecule has 0 radical (unpaired) electrons. The van der Waals surface area contributed by atoms with E-state index in [1.54, 1.807) is 18.7 Å². The van der Waals surface area contributed by atoms with Crippen molar-refractivity contribution in [3.63, 3.8) is 0 Å². The maximum Gasteiger partial charge on any atom is 0.344 e. The van der Waals surface area contributed by atoms with Crippen LogP contribution in [0.4, 0.5) is 11.4 Å². The lowest BCUT2D eigenvalue weighted by Gasteiger charge is -2.33. The second-order valence-corrected chi connectivity index (χ2v) is 7.24. The molecule has 26 heavy (non-hydrogen) atoms. The van der Waals surface area contributed by atoms with E-state index in [1.165, 1.54) is 28.3 Å². The van der Waals surface area contributed by atoms with Gasteiger partial charge in [-0.1, -0.05) is 43.7 Å². The van der Waals surface area contributed by atoms with Crippen LogP contribution in [0.3, 0.4) is 0 Å². The first-order chi connectivity index (χ1) is 12.7. The minimum Gasteiger partial charge on any atom is -0.482 e. The summed E-state index contributed by atoms with van der Waals surface area (Å²) in [5.74, 6) is 0.349. The molecule has 4 nitrogen and oxygen atoms in total. The standard InChI is InChI=1S/C21H25NO3S/c1-3-5-8-13-22-17-9-6-7-10-19(17)26-20-12-11-16(14-18(20)22)25-15-21(23)24-4-2/h6-7,9-12,14H,3-5,8,13,15H2,1-2H3. The molecule has 0 bridgehead atoms. The molecular weight excluding hydrogens is 346 g/mol. The second-order valence-electron chi connectivity index (χ2n) is 6.15. The molecule has 138 valence electrons. The van der Waals surface area contributed by atoms with E-state index in [0.29, 0.717) is 12.4 Å². The normalized spacial score (nSPS) is 12.3. The molecule has 3 rings (SSSR count). The molecule has 0 aliphatic carbocycles. The molecular formula is C21H25NO3S. The van der Waals surface area contributed by atoms with E-state index in [4.69, 9.17) is 9.47 Å². The van der Waals surface area contributed by atoms with Gasteiger partial charge in [0.1, 0.15) is 5.75 Å². The highest BCUT2D eigenvalue weighted by Gasteiger charge is 2.23. The molecule has 1 aliphatic rings. The first-order valence-corrected chi connectivity index (χ1v) is 10.0. The van der Waals surface area contributed by atoms with Crippen molar-refractivity contribution >= 4 is 29.1 Å². The number of carbonyl (C=O) groups excluding carboxylic acids is 1. The summed E-state index contributed by atoms with van der Waals surface area (Å²) in [4.78, 5) is 16.4. The van der Waals surface area contributed by atoms with Crippen molar-refractivity contribution in [2.45, 2.75) is 42.9 Å². The minimum atomic E-state index is -0.343. The number of hydrogen-bond acceptors (Lipinski definition) is 5. The quantitative estimate of drug-likeness (QED) is 0.457. The summed E-state index contributed by atoms with van der Waals surface area (Å²) in [6.45, 7) is 5.28. The zero-order chi connectivity index (χ0) is 18.4. The average Bonchev–Trinajstić information content (AvgIpc) is 2.66. The predicted octanol–water partition coefficient (Wildman–Crippen LogP) is 5.42. The van der Waals surface area contributed by atoms with E-state index in [0.717, 1.165) is 18.7 Å². The Kier molecular flexibility index (Phi) is 6.45. The van der Waals surface area contributed by atoms with E-state index < -0.39 is 0 Å². The number of hydrogen-bond donors (Lipinski definition) is 0. The Bertz CT molecular complexity index is 763. The summed E-state index contributed by atoms with van der Waals surface area (Å²) < 4.78 is 10.6. The minimum absolute atomic E-state index is 0.0633. The van der Waals surface area contributed by atoms with Crippen molar-refractivity contribution in [1.29, 1.82) is 0 Å². The van der Waals surface area contributed by atoms with Gasteiger partial charge in [-0.15, -0.1) is 0 Å². The number of nitrogens with zero attached hydrogens (tertiary/aromatic N) is 1. The Balaban J connectivity index is 1.83. The molecule has 5 heteroatoms. The Morgan fingerprint density at radius 1 is 1.04 bits per heavy atom. The van der Waals surface area contributed by atoms with Crippen molar-refractivity contribution in [2.75, 3.05) is 24.7 Å². The fraction of sp³-hybridized carbons (Fsp3) is 0.381. The summed E-state index contributed by atoms with van der Waals surface area (Å²) in [5, 5.41) is 0. The van der Waals surface area contributed by atoms with Crippen molar-refractivity contribution < 1.29 is 14.3 Å². The van der Waals surface area contributed by atoms with E-state index in [1.807, 2.05) is 12.1 Å². The average molecular weight is 372 g/mol. The molecule has 0 N–H and O–H groups in total. The largest absolute Gasteiger partial charge is 0.482 e. The molecule has 0 saturated carbocycles. The van der Waals surface area contributed by atoms with Crippen molar-refractivity contribution in [1.82, 2.24) is 0 Å². The molecule has 2 aromatic carbocycles. The van der Waals surface area contributed by atoms with Gasteiger partial charge in [0.05, 0.1) is 18.0 Å². The number of ether oxygens (including phenoxy) is 2. The number of anilines is 2. The van der Waals surface area contributed by atoms with Crippen LogP contribution < -0.4 is 9.64 Å². The van der Waals surface area contributed by atoms with Crippen molar-refractivity contribution in [3.8, 4) is 5.75 Å². The van der Waals surface area contributed by atoms with Crippen LogP contribution in [0.2, 0.25) is 0 Å². The highest BCUT2D eigenvalue weighted by atomic mass is 32.2. The van der Waals surface area contributed by atoms with Gasteiger partial charge in [-0.05, 0) is 37.6 Å². The predicted molar refractivity (Wildman–Crippen MR) is 106 cm³/mol. The van der Waals surface area contributed by atoms with E-state index in [9.17, 15) is 4.79 Å². The van der Waals surface area contributed by atoms with Gasteiger partial charge < -0.3 is 14.4 Å². The van der Waals surface area contributed by atoms with Gasteiger partial charge in [0.15, 0.2) is 6.61 Å². The smallest absolute Gasteiger partial charge is 0.344 e. The monoisotopic (exact) mass is 371 g/mol. The van der Waals surface area contributed by atoms with E-state index in [-0.39, 0.29) is 12.6 Å². The number of esters is 1. The maximum atomic E-state index is 11.5. The van der Waals surface area contributed by atoms with Crippen LogP contribution >= 0.6 is 11.8 Å². The maximum absolute atomic E-state index is 11.5. The van der Waals surface area contributed by atoms with Crippen LogP contribution in [0.25, 0.3) is 0 Å². The topological polar surface area (TPSA) is 38.8 Å². The Hall–Kier alpha value is -2.14. The third kappa shape index (κ3) is 4.33. The molecule has 0 amide bonds. The molecule has 0 saturated heterocycles. The summed E-state index contributed by atoms with van der Waals surface area (Å²) in [6, 6.07) is 14.5. The van der Waals surface area contributed by atoms with Gasteiger partial charge in [0.2, 0.25) is 0 Å². The number of carbonyl (C=O) groups is 1. The van der Waals surface area contributed by atoms with Gasteiger partial charge >= 0.3 is 5.97 Å². The zero-order valence-electron chi connectivity index (χ0n) is 15.4. The lowest BCUT2D eigenvalue weighted by atomic mass is 10.1.